The van der Waals surface area contributed by atoms with E-state index < -0.39 is 0 Å². The molecule has 1 aliphatic rings. The number of nitrogens with one attached hydrogen (secondary N) is 1. The van der Waals surface area contributed by atoms with Gasteiger partial charge in [0.1, 0.15) is 5.82 Å². The second-order valence-corrected chi connectivity index (χ2v) is 6.80. The van der Waals surface area contributed by atoms with Crippen LogP contribution in [0.2, 0.25) is 0 Å². The zero-order valence-corrected chi connectivity index (χ0v) is 13.5. The van der Waals surface area contributed by atoms with E-state index in [0.717, 1.165) is 26.2 Å². The van der Waals surface area contributed by atoms with Crippen molar-refractivity contribution in [2.45, 2.75) is 58.9 Å². The van der Waals surface area contributed by atoms with Gasteiger partial charge < -0.3 is 10.2 Å². The minimum Gasteiger partial charge on any atom is -0.357 e. The molecule has 20 heavy (non-hydrogen) atoms. The Bertz CT molecular complexity index is 428. The van der Waals surface area contributed by atoms with E-state index in [9.17, 15) is 0 Å². The highest BCUT2D eigenvalue weighted by atomic mass is 15.2. The smallest absolute Gasteiger partial charge is 0.129 e. The van der Waals surface area contributed by atoms with Gasteiger partial charge in [0, 0.05) is 30.7 Å². The maximum absolute atomic E-state index is 4.93. The van der Waals surface area contributed by atoms with Gasteiger partial charge in [-0.25, -0.2) is 4.98 Å². The molecule has 1 fully saturated rings. The highest BCUT2D eigenvalue weighted by Gasteiger charge is 2.20. The van der Waals surface area contributed by atoms with Crippen LogP contribution in [0.3, 0.4) is 0 Å². The first-order valence-corrected chi connectivity index (χ1v) is 7.98. The molecule has 1 aromatic heterocycles. The molecular formula is C17H29N3. The number of pyridine rings is 1. The number of nitrogens with zero attached hydrogens (tertiary/aromatic N) is 2. The van der Waals surface area contributed by atoms with Crippen molar-refractivity contribution in [3.05, 3.63) is 23.4 Å². The highest BCUT2D eigenvalue weighted by molar-refractivity contribution is 5.44. The van der Waals surface area contributed by atoms with Gasteiger partial charge in [-0.1, -0.05) is 27.7 Å². The fourth-order valence-corrected chi connectivity index (χ4v) is 2.61. The molecule has 0 bridgehead atoms. The summed E-state index contributed by atoms with van der Waals surface area (Å²) in [6.45, 7) is 13.1. The summed E-state index contributed by atoms with van der Waals surface area (Å²) in [5.74, 6) is 1.17. The summed E-state index contributed by atoms with van der Waals surface area (Å²) in [5.41, 5.74) is 2.66. The third kappa shape index (κ3) is 3.95. The van der Waals surface area contributed by atoms with Crippen LogP contribution in [0.15, 0.2) is 12.1 Å². The van der Waals surface area contributed by atoms with Crippen LogP contribution in [0.25, 0.3) is 0 Å². The lowest BCUT2D eigenvalue weighted by Crippen LogP contribution is -2.31. The lowest BCUT2D eigenvalue weighted by Gasteiger charge is -2.30. The second-order valence-electron chi connectivity index (χ2n) is 6.80. The predicted molar refractivity (Wildman–Crippen MR) is 86.4 cm³/mol. The molecule has 2 rings (SSSR count). The van der Waals surface area contributed by atoms with Gasteiger partial charge in [-0.2, -0.15) is 0 Å². The molecule has 3 heteroatoms. The summed E-state index contributed by atoms with van der Waals surface area (Å²) < 4.78 is 0. The third-order valence-electron chi connectivity index (χ3n) is 3.90. The zero-order chi connectivity index (χ0) is 14.6. The van der Waals surface area contributed by atoms with Crippen LogP contribution in [-0.4, -0.2) is 24.6 Å². The van der Waals surface area contributed by atoms with Crippen LogP contribution in [0.1, 0.15) is 58.2 Å². The molecule has 1 aliphatic heterocycles. The predicted octanol–water partition coefficient (Wildman–Crippen LogP) is 3.48. The van der Waals surface area contributed by atoms with Crippen LogP contribution >= 0.6 is 0 Å². The number of hydrogen-bond donors (Lipinski definition) is 1. The normalized spacial score (nSPS) is 16.5. The van der Waals surface area contributed by atoms with E-state index in [-0.39, 0.29) is 5.41 Å². The van der Waals surface area contributed by atoms with Crippen molar-refractivity contribution in [2.75, 3.05) is 24.5 Å². The minimum atomic E-state index is 0.104. The zero-order valence-electron chi connectivity index (χ0n) is 13.5. The van der Waals surface area contributed by atoms with E-state index in [2.05, 4.69) is 50.0 Å². The molecule has 0 radical (unpaired) electrons. The number of aromatic nitrogens is 1. The highest BCUT2D eigenvalue weighted by Crippen LogP contribution is 2.26. The van der Waals surface area contributed by atoms with Gasteiger partial charge >= 0.3 is 0 Å². The van der Waals surface area contributed by atoms with E-state index in [0.29, 0.717) is 0 Å². The van der Waals surface area contributed by atoms with E-state index in [1.165, 1.54) is 36.3 Å². The van der Waals surface area contributed by atoms with Crippen LogP contribution in [0.5, 0.6) is 0 Å². The Morgan fingerprint density at radius 2 is 1.85 bits per heavy atom. The maximum atomic E-state index is 4.93. The molecule has 0 spiro atoms. The van der Waals surface area contributed by atoms with Crippen molar-refractivity contribution in [3.63, 3.8) is 0 Å². The van der Waals surface area contributed by atoms with Crippen LogP contribution in [0, 0.1) is 0 Å². The van der Waals surface area contributed by atoms with Crippen molar-refractivity contribution in [1.29, 1.82) is 0 Å². The third-order valence-corrected chi connectivity index (χ3v) is 3.90. The Morgan fingerprint density at radius 1 is 1.15 bits per heavy atom. The molecule has 3 nitrogen and oxygen atoms in total. The van der Waals surface area contributed by atoms with Gasteiger partial charge in [0.25, 0.3) is 0 Å². The van der Waals surface area contributed by atoms with E-state index in [1.807, 2.05) is 0 Å². The van der Waals surface area contributed by atoms with E-state index in [1.54, 1.807) is 0 Å². The van der Waals surface area contributed by atoms with Crippen molar-refractivity contribution in [2.24, 2.45) is 0 Å². The van der Waals surface area contributed by atoms with E-state index in [4.69, 9.17) is 4.98 Å². The Hall–Kier alpha value is -1.09. The summed E-state index contributed by atoms with van der Waals surface area (Å²) in [6, 6.07) is 4.53. The largest absolute Gasteiger partial charge is 0.357 e. The second kappa shape index (κ2) is 6.57. The Kier molecular flexibility index (Phi) is 5.03. The van der Waals surface area contributed by atoms with Crippen molar-refractivity contribution in [3.8, 4) is 0 Å². The Morgan fingerprint density at radius 3 is 2.45 bits per heavy atom. The fourth-order valence-electron chi connectivity index (χ4n) is 2.61. The molecule has 0 aromatic carbocycles. The monoisotopic (exact) mass is 275 g/mol. The van der Waals surface area contributed by atoms with Crippen LogP contribution < -0.4 is 10.2 Å². The van der Waals surface area contributed by atoms with Gasteiger partial charge in [0.15, 0.2) is 0 Å². The minimum absolute atomic E-state index is 0.104. The van der Waals surface area contributed by atoms with Gasteiger partial charge in [0.05, 0.1) is 0 Å². The average molecular weight is 275 g/mol. The molecule has 1 N–H and O–H groups in total. The summed E-state index contributed by atoms with van der Waals surface area (Å²) in [7, 11) is 0. The summed E-state index contributed by atoms with van der Waals surface area (Å²) in [4.78, 5) is 7.39. The van der Waals surface area contributed by atoms with Crippen molar-refractivity contribution in [1.82, 2.24) is 10.3 Å². The number of piperidine rings is 1. The molecule has 0 atom stereocenters. The quantitative estimate of drug-likeness (QED) is 0.912. The number of anilines is 1. The lowest BCUT2D eigenvalue weighted by atomic mass is 9.90. The molecule has 1 aromatic rings. The van der Waals surface area contributed by atoms with Crippen LogP contribution in [0.4, 0.5) is 5.82 Å². The van der Waals surface area contributed by atoms with Crippen LogP contribution in [-0.2, 0) is 12.0 Å². The van der Waals surface area contributed by atoms with Gasteiger partial charge in [-0.15, -0.1) is 0 Å². The standard InChI is InChI=1S/C17H29N3/c1-5-18-13-14-11-15(17(2,3)4)19-16(12-14)20-9-7-6-8-10-20/h11-12,18H,5-10,13H2,1-4H3. The maximum Gasteiger partial charge on any atom is 0.129 e. The first-order valence-electron chi connectivity index (χ1n) is 7.98. The lowest BCUT2D eigenvalue weighted by molar-refractivity contribution is 0.551. The first-order chi connectivity index (χ1) is 9.50. The van der Waals surface area contributed by atoms with Crippen molar-refractivity contribution < 1.29 is 0 Å². The molecule has 112 valence electrons. The molecule has 2 heterocycles. The average Bonchev–Trinajstić information content (AvgIpc) is 2.45. The molecule has 0 aliphatic carbocycles. The van der Waals surface area contributed by atoms with Gasteiger partial charge in [-0.05, 0) is 43.5 Å². The van der Waals surface area contributed by atoms with E-state index >= 15 is 0 Å². The fraction of sp³-hybridized carbons (Fsp3) is 0.706. The molecule has 0 saturated carbocycles. The van der Waals surface area contributed by atoms with Gasteiger partial charge in [0.2, 0.25) is 0 Å². The SMILES string of the molecule is CCNCc1cc(N2CCCCC2)nc(C(C)(C)C)c1. The number of hydrogen-bond acceptors (Lipinski definition) is 3. The Balaban J connectivity index is 2.29. The van der Waals surface area contributed by atoms with Gasteiger partial charge in [-0.3, -0.25) is 0 Å². The summed E-state index contributed by atoms with van der Waals surface area (Å²) >= 11 is 0. The first kappa shape index (κ1) is 15.3. The van der Waals surface area contributed by atoms with Crippen molar-refractivity contribution >= 4 is 5.82 Å². The topological polar surface area (TPSA) is 28.2 Å². The number of rotatable bonds is 4. The Labute approximate surface area is 123 Å². The molecular weight excluding hydrogens is 246 g/mol. The summed E-state index contributed by atoms with van der Waals surface area (Å²) in [5, 5.41) is 3.43. The molecule has 0 amide bonds. The molecule has 0 unspecified atom stereocenters. The molecule has 1 saturated heterocycles. The summed E-state index contributed by atoms with van der Waals surface area (Å²) in [6.07, 6.45) is 3.95.